The van der Waals surface area contributed by atoms with Crippen LogP contribution in [0.25, 0.3) is 33.4 Å². The zero-order valence-corrected chi connectivity index (χ0v) is 20.6. The number of halogens is 1. The molecule has 8 heteroatoms. The molecule has 0 radical (unpaired) electrons. The lowest BCUT2D eigenvalue weighted by atomic mass is 9.94. The summed E-state index contributed by atoms with van der Waals surface area (Å²) in [5.41, 5.74) is 7.79. The number of terminal acetylenes is 1. The van der Waals surface area contributed by atoms with Gasteiger partial charge in [0.05, 0.1) is 11.4 Å². The standard InChI is InChI=1S/C28H23FN6O/c1-7-20-12-15(2)23(18(5)34-20)26-25(24-17(4)31-14-32-27(24)35(26)6)19-8-9-22(21(29)13-19)36-28-30-11-10-16(3)33-28/h1,8-14H,2-6H3. The van der Waals surface area contributed by atoms with E-state index in [0.717, 1.165) is 50.5 Å². The van der Waals surface area contributed by atoms with Crippen LogP contribution < -0.4 is 4.74 Å². The molecule has 0 aliphatic carbocycles. The Balaban J connectivity index is 1.74. The van der Waals surface area contributed by atoms with Crippen molar-refractivity contribution in [2.75, 3.05) is 0 Å². The summed E-state index contributed by atoms with van der Waals surface area (Å²) >= 11 is 0. The maximum Gasteiger partial charge on any atom is 0.322 e. The van der Waals surface area contributed by atoms with Gasteiger partial charge in [-0.25, -0.2) is 29.3 Å². The fourth-order valence-electron chi connectivity index (χ4n) is 4.55. The van der Waals surface area contributed by atoms with E-state index in [4.69, 9.17) is 11.2 Å². The summed E-state index contributed by atoms with van der Waals surface area (Å²) in [6.07, 6.45) is 8.70. The molecule has 0 saturated heterocycles. The van der Waals surface area contributed by atoms with Crippen LogP contribution in [-0.4, -0.2) is 29.5 Å². The van der Waals surface area contributed by atoms with Gasteiger partial charge in [-0.2, -0.15) is 0 Å². The van der Waals surface area contributed by atoms with E-state index in [0.29, 0.717) is 11.3 Å². The minimum Gasteiger partial charge on any atom is -0.421 e. The first-order valence-corrected chi connectivity index (χ1v) is 11.3. The predicted molar refractivity (Wildman–Crippen MR) is 136 cm³/mol. The second-order valence-electron chi connectivity index (χ2n) is 8.60. The minimum atomic E-state index is -0.538. The van der Waals surface area contributed by atoms with E-state index >= 15 is 4.39 Å². The van der Waals surface area contributed by atoms with Crippen molar-refractivity contribution in [3.63, 3.8) is 0 Å². The van der Waals surface area contributed by atoms with Crippen molar-refractivity contribution >= 4 is 11.0 Å². The number of ether oxygens (including phenoxy) is 1. The van der Waals surface area contributed by atoms with Gasteiger partial charge in [-0.15, -0.1) is 6.42 Å². The summed E-state index contributed by atoms with van der Waals surface area (Å²) in [6.45, 7) is 7.64. The molecule has 0 fully saturated rings. The van der Waals surface area contributed by atoms with Gasteiger partial charge in [0.2, 0.25) is 0 Å². The normalized spacial score (nSPS) is 11.0. The van der Waals surface area contributed by atoms with Crippen LogP contribution in [0.3, 0.4) is 0 Å². The third-order valence-electron chi connectivity index (χ3n) is 6.13. The van der Waals surface area contributed by atoms with E-state index in [1.807, 2.05) is 51.4 Å². The van der Waals surface area contributed by atoms with E-state index in [2.05, 4.69) is 30.8 Å². The SMILES string of the molecule is C#Cc1cc(C)c(-c2c(-c3ccc(Oc4nccc(C)n4)c(F)c3)c3c(C)ncnc3n2C)c(C)n1. The Labute approximate surface area is 208 Å². The maximum absolute atomic E-state index is 15.4. The highest BCUT2D eigenvalue weighted by molar-refractivity contribution is 6.05. The molecule has 4 aromatic heterocycles. The zero-order valence-electron chi connectivity index (χ0n) is 20.6. The largest absolute Gasteiger partial charge is 0.421 e. The van der Waals surface area contributed by atoms with Crippen molar-refractivity contribution in [3.05, 3.63) is 77.0 Å². The first-order chi connectivity index (χ1) is 17.3. The van der Waals surface area contributed by atoms with Gasteiger partial charge in [-0.1, -0.05) is 12.0 Å². The van der Waals surface area contributed by atoms with Gasteiger partial charge in [0, 0.05) is 41.1 Å². The maximum atomic E-state index is 15.4. The lowest BCUT2D eigenvalue weighted by Crippen LogP contribution is -2.01. The van der Waals surface area contributed by atoms with Crippen LogP contribution in [0.2, 0.25) is 0 Å². The number of hydrogen-bond donors (Lipinski definition) is 0. The van der Waals surface area contributed by atoms with Crippen LogP contribution in [0.1, 0.15) is 28.3 Å². The molecule has 0 spiro atoms. The van der Waals surface area contributed by atoms with Crippen molar-refractivity contribution in [1.82, 2.24) is 29.5 Å². The van der Waals surface area contributed by atoms with E-state index in [9.17, 15) is 0 Å². The Bertz CT molecular complexity index is 1680. The van der Waals surface area contributed by atoms with Crippen LogP contribution in [0.15, 0.2) is 42.9 Å². The molecule has 0 atom stereocenters. The highest BCUT2D eigenvalue weighted by Gasteiger charge is 2.25. The van der Waals surface area contributed by atoms with Crippen LogP contribution in [0.4, 0.5) is 4.39 Å². The third-order valence-corrected chi connectivity index (χ3v) is 6.13. The van der Waals surface area contributed by atoms with Crippen LogP contribution in [-0.2, 0) is 7.05 Å². The van der Waals surface area contributed by atoms with Gasteiger partial charge in [0.25, 0.3) is 0 Å². The Kier molecular flexibility index (Phi) is 5.69. The number of pyridine rings is 1. The molecule has 0 amide bonds. The van der Waals surface area contributed by atoms with Crippen molar-refractivity contribution in [2.24, 2.45) is 7.05 Å². The highest BCUT2D eigenvalue weighted by Crippen LogP contribution is 2.43. The molecule has 5 rings (SSSR count). The molecule has 178 valence electrons. The number of rotatable bonds is 4. The van der Waals surface area contributed by atoms with Crippen LogP contribution in [0.5, 0.6) is 11.8 Å². The summed E-state index contributed by atoms with van der Waals surface area (Å²) < 4.78 is 23.0. The molecule has 4 heterocycles. The number of hydrogen-bond acceptors (Lipinski definition) is 6. The van der Waals surface area contributed by atoms with Crippen LogP contribution in [0, 0.1) is 45.9 Å². The Morgan fingerprint density at radius 3 is 2.44 bits per heavy atom. The molecule has 0 aliphatic heterocycles. The lowest BCUT2D eigenvalue weighted by molar-refractivity contribution is 0.410. The van der Waals surface area contributed by atoms with Gasteiger partial charge in [0.15, 0.2) is 11.6 Å². The van der Waals surface area contributed by atoms with E-state index < -0.39 is 5.82 Å². The molecule has 0 unspecified atom stereocenters. The van der Waals surface area contributed by atoms with E-state index in [1.54, 1.807) is 18.3 Å². The lowest BCUT2D eigenvalue weighted by Gasteiger charge is -2.15. The monoisotopic (exact) mass is 478 g/mol. The molecule has 0 bridgehead atoms. The van der Waals surface area contributed by atoms with E-state index in [1.165, 1.54) is 12.4 Å². The number of aromatic nitrogens is 6. The topological polar surface area (TPSA) is 78.6 Å². The molecule has 0 N–H and O–H groups in total. The number of benzene rings is 1. The highest BCUT2D eigenvalue weighted by atomic mass is 19.1. The van der Waals surface area contributed by atoms with Crippen molar-refractivity contribution in [3.8, 4) is 46.5 Å². The van der Waals surface area contributed by atoms with Crippen LogP contribution >= 0.6 is 0 Å². The van der Waals surface area contributed by atoms with Crippen molar-refractivity contribution in [2.45, 2.75) is 27.7 Å². The first-order valence-electron chi connectivity index (χ1n) is 11.3. The van der Waals surface area contributed by atoms with Crippen molar-refractivity contribution in [1.29, 1.82) is 0 Å². The Morgan fingerprint density at radius 2 is 1.75 bits per heavy atom. The first kappa shape index (κ1) is 23.1. The molecule has 36 heavy (non-hydrogen) atoms. The second-order valence-corrected chi connectivity index (χ2v) is 8.60. The predicted octanol–water partition coefficient (Wildman–Crippen LogP) is 5.63. The fourth-order valence-corrected chi connectivity index (χ4v) is 4.55. The van der Waals surface area contributed by atoms with Gasteiger partial charge < -0.3 is 9.30 Å². The smallest absolute Gasteiger partial charge is 0.322 e. The molecular weight excluding hydrogens is 455 g/mol. The fraction of sp³-hybridized carbons (Fsp3) is 0.179. The average molecular weight is 479 g/mol. The summed E-state index contributed by atoms with van der Waals surface area (Å²) in [5, 5.41) is 0.838. The van der Waals surface area contributed by atoms with Gasteiger partial charge >= 0.3 is 6.01 Å². The van der Waals surface area contributed by atoms with Gasteiger partial charge in [-0.05, 0) is 63.1 Å². The molecule has 0 saturated carbocycles. The van der Waals surface area contributed by atoms with Crippen molar-refractivity contribution < 1.29 is 9.13 Å². The van der Waals surface area contributed by atoms with Gasteiger partial charge in [0.1, 0.15) is 17.7 Å². The second kappa shape index (κ2) is 8.86. The zero-order chi connectivity index (χ0) is 25.6. The number of nitrogens with zero attached hydrogens (tertiary/aromatic N) is 6. The Hall–Kier alpha value is -4.64. The Morgan fingerprint density at radius 1 is 0.944 bits per heavy atom. The molecule has 5 aromatic rings. The summed E-state index contributed by atoms with van der Waals surface area (Å²) in [6, 6.07) is 8.55. The number of fused-ring (bicyclic) bond motifs is 1. The summed E-state index contributed by atoms with van der Waals surface area (Å²) in [7, 11) is 1.94. The molecule has 1 aromatic carbocycles. The minimum absolute atomic E-state index is 0.0338. The molecule has 7 nitrogen and oxygen atoms in total. The number of aryl methyl sites for hydroxylation is 5. The van der Waals surface area contributed by atoms with Gasteiger partial charge in [-0.3, -0.25) is 0 Å². The summed E-state index contributed by atoms with van der Waals surface area (Å²) in [5.74, 6) is 2.10. The summed E-state index contributed by atoms with van der Waals surface area (Å²) in [4.78, 5) is 21.8. The van der Waals surface area contributed by atoms with E-state index in [-0.39, 0.29) is 11.8 Å². The average Bonchev–Trinajstić information content (AvgIpc) is 3.13. The third kappa shape index (κ3) is 3.85. The quantitative estimate of drug-likeness (QED) is 0.311. The molecule has 0 aliphatic rings. The molecular formula is C28H23FN6O.